The summed E-state index contributed by atoms with van der Waals surface area (Å²) in [5.74, 6) is 0.119. The Hall–Kier alpha value is -1.00. The largest absolute Gasteiger partial charge is 0.287 e. The summed E-state index contributed by atoms with van der Waals surface area (Å²) in [5, 5.41) is 0. The average molecular weight is 372 g/mol. The van der Waals surface area contributed by atoms with E-state index in [9.17, 15) is 4.79 Å². The van der Waals surface area contributed by atoms with E-state index in [4.69, 9.17) is 0 Å². The molecule has 2 nitrogen and oxygen atoms in total. The van der Waals surface area contributed by atoms with Gasteiger partial charge in [0.15, 0.2) is 12.4 Å². The molecule has 0 amide bonds. The van der Waals surface area contributed by atoms with Gasteiger partial charge in [0.25, 0.3) is 0 Å². The molecule has 94 valence electrons. The van der Waals surface area contributed by atoms with Crippen LogP contribution in [0.15, 0.2) is 53.3 Å². The number of halogens is 2. The van der Waals surface area contributed by atoms with Gasteiger partial charge in [0, 0.05) is 21.7 Å². The van der Waals surface area contributed by atoms with Crippen LogP contribution in [0.4, 0.5) is 0 Å². The van der Waals surface area contributed by atoms with Gasteiger partial charge >= 0.3 is 0 Å². The molecule has 2 rings (SSSR count). The summed E-state index contributed by atoms with van der Waals surface area (Å²) in [6.45, 7) is 2.39. The van der Waals surface area contributed by atoms with Crippen LogP contribution in [0.5, 0.6) is 0 Å². The summed E-state index contributed by atoms with van der Waals surface area (Å²) in [4.78, 5) is 12.0. The van der Waals surface area contributed by atoms with Crippen molar-refractivity contribution in [3.8, 4) is 0 Å². The molecule has 0 aliphatic rings. The molecule has 0 bridgehead atoms. The number of benzene rings is 1. The highest BCUT2D eigenvalue weighted by Gasteiger charge is 2.11. The van der Waals surface area contributed by atoms with Crippen LogP contribution in [0, 0.1) is 6.92 Å². The number of nitrogens with zero attached hydrogens (tertiary/aromatic N) is 1. The first-order valence-corrected chi connectivity index (χ1v) is 6.19. The van der Waals surface area contributed by atoms with E-state index >= 15 is 0 Å². The van der Waals surface area contributed by atoms with Gasteiger partial charge in [0.05, 0.1) is 0 Å². The number of aromatic nitrogens is 1. The molecule has 0 unspecified atom stereocenters. The van der Waals surface area contributed by atoms with E-state index in [1.54, 1.807) is 0 Å². The summed E-state index contributed by atoms with van der Waals surface area (Å²) < 4.78 is 2.89. The van der Waals surface area contributed by atoms with Gasteiger partial charge in [-0.05, 0) is 25.1 Å². The molecule has 18 heavy (non-hydrogen) atoms. The number of rotatable bonds is 3. The van der Waals surface area contributed by atoms with Crippen molar-refractivity contribution in [2.75, 3.05) is 0 Å². The zero-order valence-electron chi connectivity index (χ0n) is 9.97. The standard InChI is InChI=1S/C14H13BrNO.BrH/c1-11-3-2-8-16(9-11)10-14(17)12-4-6-13(15)7-5-12;/h2-9H,10H2,1H3;1H/q+1;. The summed E-state index contributed by atoms with van der Waals surface area (Å²) in [6.07, 6.45) is 3.88. The van der Waals surface area contributed by atoms with Gasteiger partial charge in [-0.15, -0.1) is 17.0 Å². The predicted molar refractivity (Wildman–Crippen MR) is 80.2 cm³/mol. The van der Waals surface area contributed by atoms with Gasteiger partial charge in [-0.25, -0.2) is 0 Å². The Labute approximate surface area is 126 Å². The highest BCUT2D eigenvalue weighted by molar-refractivity contribution is 9.10. The Morgan fingerprint density at radius 1 is 1.22 bits per heavy atom. The van der Waals surface area contributed by atoms with Gasteiger partial charge < -0.3 is 0 Å². The Morgan fingerprint density at radius 2 is 1.89 bits per heavy atom. The van der Waals surface area contributed by atoms with E-state index in [0.29, 0.717) is 6.54 Å². The average Bonchev–Trinajstić information content (AvgIpc) is 2.29. The third kappa shape index (κ3) is 4.03. The van der Waals surface area contributed by atoms with Crippen molar-refractivity contribution in [3.63, 3.8) is 0 Å². The van der Waals surface area contributed by atoms with Crippen LogP contribution in [-0.2, 0) is 6.54 Å². The summed E-state index contributed by atoms with van der Waals surface area (Å²) >= 11 is 3.35. The molecule has 4 heteroatoms. The number of ketones is 1. The SMILES string of the molecule is Br.Cc1ccc[n+](CC(=O)c2ccc(Br)cc2)c1. The fourth-order valence-corrected chi connectivity index (χ4v) is 1.91. The lowest BCUT2D eigenvalue weighted by molar-refractivity contribution is -0.683. The number of hydrogen-bond donors (Lipinski definition) is 0. The molecule has 0 spiro atoms. The first kappa shape index (κ1) is 15.1. The van der Waals surface area contributed by atoms with Gasteiger partial charge in [0.2, 0.25) is 12.3 Å². The third-order valence-electron chi connectivity index (χ3n) is 2.50. The van der Waals surface area contributed by atoms with Crippen molar-refractivity contribution >= 4 is 38.7 Å². The summed E-state index contributed by atoms with van der Waals surface area (Å²) in [7, 11) is 0. The molecule has 0 saturated heterocycles. The molecule has 1 aromatic carbocycles. The molecule has 0 aliphatic heterocycles. The van der Waals surface area contributed by atoms with Crippen LogP contribution in [0.3, 0.4) is 0 Å². The molecule has 0 fully saturated rings. The molecular weight excluding hydrogens is 358 g/mol. The van der Waals surface area contributed by atoms with Crippen molar-refractivity contribution in [1.29, 1.82) is 0 Å². The number of carbonyl (C=O) groups is 1. The van der Waals surface area contributed by atoms with Crippen molar-refractivity contribution < 1.29 is 9.36 Å². The van der Waals surface area contributed by atoms with Crippen molar-refractivity contribution in [2.24, 2.45) is 0 Å². The second-order valence-corrected chi connectivity index (χ2v) is 4.90. The van der Waals surface area contributed by atoms with Crippen LogP contribution >= 0.6 is 32.9 Å². The van der Waals surface area contributed by atoms with Crippen molar-refractivity contribution in [3.05, 3.63) is 64.4 Å². The van der Waals surface area contributed by atoms with E-state index in [1.807, 2.05) is 60.3 Å². The zero-order valence-corrected chi connectivity index (χ0v) is 13.3. The van der Waals surface area contributed by atoms with Crippen molar-refractivity contribution in [2.45, 2.75) is 13.5 Å². The van der Waals surface area contributed by atoms with Gasteiger partial charge in [0.1, 0.15) is 0 Å². The topological polar surface area (TPSA) is 20.9 Å². The van der Waals surface area contributed by atoms with Gasteiger partial charge in [-0.3, -0.25) is 4.79 Å². The molecule has 0 saturated carbocycles. The highest BCUT2D eigenvalue weighted by atomic mass is 79.9. The van der Waals surface area contributed by atoms with E-state index < -0.39 is 0 Å². The molecule has 0 aliphatic carbocycles. The molecule has 0 atom stereocenters. The van der Waals surface area contributed by atoms with Crippen LogP contribution in [0.25, 0.3) is 0 Å². The quantitative estimate of drug-likeness (QED) is 0.597. The predicted octanol–water partition coefficient (Wildman–Crippen LogP) is 3.51. The molecular formula is C14H14Br2NO+. The van der Waals surface area contributed by atoms with E-state index in [0.717, 1.165) is 15.6 Å². The van der Waals surface area contributed by atoms with Gasteiger partial charge in [-0.1, -0.05) is 28.1 Å². The second-order valence-electron chi connectivity index (χ2n) is 3.98. The number of carbonyl (C=O) groups excluding carboxylic acids is 1. The first-order valence-electron chi connectivity index (χ1n) is 5.39. The lowest BCUT2D eigenvalue weighted by atomic mass is 10.1. The number of aryl methyl sites for hydroxylation is 1. The van der Waals surface area contributed by atoms with Crippen LogP contribution in [-0.4, -0.2) is 5.78 Å². The molecule has 1 aromatic heterocycles. The summed E-state index contributed by atoms with van der Waals surface area (Å²) in [5.41, 5.74) is 1.89. The van der Waals surface area contributed by atoms with E-state index in [-0.39, 0.29) is 22.8 Å². The minimum atomic E-state index is 0. The molecule has 2 aromatic rings. The van der Waals surface area contributed by atoms with E-state index in [1.165, 1.54) is 0 Å². The normalized spacial score (nSPS) is 9.67. The fraction of sp³-hybridized carbons (Fsp3) is 0.143. The van der Waals surface area contributed by atoms with Crippen LogP contribution in [0.1, 0.15) is 15.9 Å². The Bertz CT molecular complexity index is 538. The fourth-order valence-electron chi connectivity index (χ4n) is 1.64. The van der Waals surface area contributed by atoms with Crippen LogP contribution in [0.2, 0.25) is 0 Å². The smallest absolute Gasteiger partial charge is 0.227 e. The maximum Gasteiger partial charge on any atom is 0.227 e. The lowest BCUT2D eigenvalue weighted by Crippen LogP contribution is -2.37. The van der Waals surface area contributed by atoms with E-state index in [2.05, 4.69) is 15.9 Å². The number of Topliss-reactive ketones (excluding diaryl/α,β-unsaturated/α-hetero) is 1. The van der Waals surface area contributed by atoms with Gasteiger partial charge in [-0.2, -0.15) is 4.57 Å². The number of hydrogen-bond acceptors (Lipinski definition) is 1. The zero-order chi connectivity index (χ0) is 12.3. The van der Waals surface area contributed by atoms with Crippen LogP contribution < -0.4 is 4.57 Å². The molecule has 1 heterocycles. The molecule has 0 N–H and O–H groups in total. The maximum atomic E-state index is 12.0. The minimum absolute atomic E-state index is 0. The number of pyridine rings is 1. The van der Waals surface area contributed by atoms with Crippen molar-refractivity contribution in [1.82, 2.24) is 0 Å². The maximum absolute atomic E-state index is 12.0. The summed E-state index contributed by atoms with van der Waals surface area (Å²) in [6, 6.07) is 11.4. The Kier molecular flexibility index (Phi) is 5.69. The highest BCUT2D eigenvalue weighted by Crippen LogP contribution is 2.10. The Morgan fingerprint density at radius 3 is 2.50 bits per heavy atom. The monoisotopic (exact) mass is 370 g/mol. The first-order chi connectivity index (χ1) is 8.15. The Balaban J connectivity index is 0.00000162. The molecule has 0 radical (unpaired) electrons. The second kappa shape index (κ2) is 6.81. The lowest BCUT2D eigenvalue weighted by Gasteiger charge is -1.99. The minimum Gasteiger partial charge on any atom is -0.287 e. The third-order valence-corrected chi connectivity index (χ3v) is 3.03.